The zero-order valence-electron chi connectivity index (χ0n) is 11.3. The predicted octanol–water partition coefficient (Wildman–Crippen LogP) is 1.44. The zero-order chi connectivity index (χ0) is 12.9. The first kappa shape index (κ1) is 14.9. The van der Waals surface area contributed by atoms with Crippen LogP contribution in [0.1, 0.15) is 39.5 Å². The first-order valence-corrected chi connectivity index (χ1v) is 8.22. The summed E-state index contributed by atoms with van der Waals surface area (Å²) in [6.45, 7) is 5.60. The van der Waals surface area contributed by atoms with Gasteiger partial charge in [-0.1, -0.05) is 20.3 Å². The van der Waals surface area contributed by atoms with Crippen LogP contribution < -0.4 is 5.32 Å². The molecule has 0 aliphatic carbocycles. The van der Waals surface area contributed by atoms with Crippen LogP contribution in [0.15, 0.2) is 0 Å². The Kier molecular flexibility index (Phi) is 5.89. The van der Waals surface area contributed by atoms with E-state index >= 15 is 0 Å². The summed E-state index contributed by atoms with van der Waals surface area (Å²) in [5, 5.41) is 3.10. The number of hydrogen-bond acceptors (Lipinski definition) is 3. The molecule has 0 aromatic rings. The maximum Gasteiger partial charge on any atom is 0.214 e. The molecule has 1 atom stereocenters. The third kappa shape index (κ3) is 4.56. The van der Waals surface area contributed by atoms with Crippen LogP contribution in [0.2, 0.25) is 0 Å². The van der Waals surface area contributed by atoms with E-state index in [-0.39, 0.29) is 6.04 Å². The lowest BCUT2D eigenvalue weighted by atomic mass is 10.1. The van der Waals surface area contributed by atoms with Gasteiger partial charge in [0.2, 0.25) is 10.0 Å². The molecule has 1 unspecified atom stereocenters. The third-order valence-electron chi connectivity index (χ3n) is 3.32. The molecular formula is C12H26N2O2S. The minimum absolute atomic E-state index is 0.158. The molecule has 0 bridgehead atoms. The second-order valence-corrected chi connectivity index (χ2v) is 7.36. The number of nitrogens with zero attached hydrogens (tertiary/aromatic N) is 1. The van der Waals surface area contributed by atoms with E-state index in [1.54, 1.807) is 4.31 Å². The minimum Gasteiger partial charge on any atom is -0.318 e. The molecular weight excluding hydrogens is 236 g/mol. The molecule has 1 fully saturated rings. The van der Waals surface area contributed by atoms with Gasteiger partial charge >= 0.3 is 0 Å². The summed E-state index contributed by atoms with van der Waals surface area (Å²) in [7, 11) is -1.17. The Balaban J connectivity index is 2.65. The molecule has 1 saturated heterocycles. The van der Waals surface area contributed by atoms with Crippen LogP contribution in [0, 0.1) is 5.92 Å². The van der Waals surface area contributed by atoms with Gasteiger partial charge in [0.05, 0.1) is 5.75 Å². The number of hydrogen-bond donors (Lipinski definition) is 1. The van der Waals surface area contributed by atoms with Crippen molar-refractivity contribution in [2.24, 2.45) is 5.92 Å². The Morgan fingerprint density at radius 3 is 2.65 bits per heavy atom. The number of piperidine rings is 1. The van der Waals surface area contributed by atoms with E-state index in [0.29, 0.717) is 18.2 Å². The molecule has 5 heteroatoms. The van der Waals surface area contributed by atoms with Crippen LogP contribution >= 0.6 is 0 Å². The molecule has 0 aromatic heterocycles. The van der Waals surface area contributed by atoms with Crippen molar-refractivity contribution in [1.29, 1.82) is 0 Å². The van der Waals surface area contributed by atoms with Crippen LogP contribution in [-0.4, -0.2) is 44.7 Å². The van der Waals surface area contributed by atoms with Gasteiger partial charge in [-0.05, 0) is 32.2 Å². The Bertz CT molecular complexity index is 312. The number of sulfonamides is 1. The fourth-order valence-corrected chi connectivity index (χ4v) is 4.33. The van der Waals surface area contributed by atoms with Gasteiger partial charge in [-0.3, -0.25) is 0 Å². The number of rotatable bonds is 6. The fraction of sp³-hybridized carbons (Fsp3) is 1.00. The van der Waals surface area contributed by atoms with Crippen molar-refractivity contribution in [3.63, 3.8) is 0 Å². The van der Waals surface area contributed by atoms with Crippen LogP contribution in [0.3, 0.4) is 0 Å². The van der Waals surface area contributed by atoms with Crippen LogP contribution in [0.5, 0.6) is 0 Å². The van der Waals surface area contributed by atoms with Crippen molar-refractivity contribution < 1.29 is 8.42 Å². The van der Waals surface area contributed by atoms with Gasteiger partial charge in [0.25, 0.3) is 0 Å². The Morgan fingerprint density at radius 2 is 2.06 bits per heavy atom. The first-order valence-electron chi connectivity index (χ1n) is 6.61. The largest absolute Gasteiger partial charge is 0.318 e. The molecule has 0 spiro atoms. The first-order chi connectivity index (χ1) is 7.97. The maximum absolute atomic E-state index is 12.3. The molecule has 1 aliphatic rings. The lowest BCUT2D eigenvalue weighted by molar-refractivity contribution is 0.248. The third-order valence-corrected chi connectivity index (χ3v) is 5.27. The molecule has 1 aliphatic heterocycles. The summed E-state index contributed by atoms with van der Waals surface area (Å²) in [5.74, 6) is 0.738. The monoisotopic (exact) mass is 262 g/mol. The van der Waals surface area contributed by atoms with E-state index in [2.05, 4.69) is 19.2 Å². The molecule has 0 saturated carbocycles. The zero-order valence-corrected chi connectivity index (χ0v) is 12.1. The molecule has 17 heavy (non-hydrogen) atoms. The summed E-state index contributed by atoms with van der Waals surface area (Å²) in [4.78, 5) is 0. The number of nitrogens with one attached hydrogen (secondary N) is 1. The summed E-state index contributed by atoms with van der Waals surface area (Å²) < 4.78 is 26.3. The van der Waals surface area contributed by atoms with E-state index in [1.165, 1.54) is 0 Å². The molecule has 1 heterocycles. The average molecular weight is 262 g/mol. The second kappa shape index (κ2) is 6.71. The van der Waals surface area contributed by atoms with E-state index in [0.717, 1.165) is 32.2 Å². The van der Waals surface area contributed by atoms with E-state index in [1.807, 2.05) is 7.05 Å². The Labute approximate surface area is 106 Å². The van der Waals surface area contributed by atoms with Crippen LogP contribution in [-0.2, 0) is 10.0 Å². The van der Waals surface area contributed by atoms with E-state index < -0.39 is 10.0 Å². The lowest BCUT2D eigenvalue weighted by Gasteiger charge is -2.34. The minimum atomic E-state index is -3.06. The molecule has 1 rings (SSSR count). The topological polar surface area (TPSA) is 49.4 Å². The Morgan fingerprint density at radius 1 is 1.35 bits per heavy atom. The SMILES string of the molecule is CNCC1CCCCN1S(=O)(=O)CCC(C)C. The highest BCUT2D eigenvalue weighted by Crippen LogP contribution is 2.21. The highest BCUT2D eigenvalue weighted by molar-refractivity contribution is 7.89. The average Bonchev–Trinajstić information content (AvgIpc) is 2.28. The van der Waals surface area contributed by atoms with Gasteiger partial charge < -0.3 is 5.32 Å². The van der Waals surface area contributed by atoms with E-state index in [9.17, 15) is 8.42 Å². The van der Waals surface area contributed by atoms with Crippen molar-refractivity contribution in [3.05, 3.63) is 0 Å². The Hall–Kier alpha value is -0.130. The molecule has 102 valence electrons. The van der Waals surface area contributed by atoms with Crippen molar-refractivity contribution in [1.82, 2.24) is 9.62 Å². The van der Waals surface area contributed by atoms with Crippen LogP contribution in [0.4, 0.5) is 0 Å². The molecule has 0 aromatic carbocycles. The summed E-state index contributed by atoms with van der Waals surface area (Å²) in [6.07, 6.45) is 3.89. The van der Waals surface area contributed by atoms with Crippen molar-refractivity contribution in [2.45, 2.75) is 45.6 Å². The van der Waals surface area contributed by atoms with Gasteiger partial charge in [-0.15, -0.1) is 0 Å². The van der Waals surface area contributed by atoms with Gasteiger partial charge in [-0.25, -0.2) is 8.42 Å². The lowest BCUT2D eigenvalue weighted by Crippen LogP contribution is -2.48. The highest BCUT2D eigenvalue weighted by atomic mass is 32.2. The second-order valence-electron chi connectivity index (χ2n) is 5.32. The van der Waals surface area contributed by atoms with Crippen molar-refractivity contribution in [3.8, 4) is 0 Å². The number of likely N-dealkylation sites (N-methyl/N-ethyl adjacent to an activating group) is 1. The van der Waals surface area contributed by atoms with Gasteiger partial charge in [0.15, 0.2) is 0 Å². The normalized spacial score (nSPS) is 23.2. The molecule has 0 radical (unpaired) electrons. The molecule has 4 nitrogen and oxygen atoms in total. The smallest absolute Gasteiger partial charge is 0.214 e. The quantitative estimate of drug-likeness (QED) is 0.788. The van der Waals surface area contributed by atoms with Gasteiger partial charge in [0.1, 0.15) is 0 Å². The van der Waals surface area contributed by atoms with Gasteiger partial charge in [0, 0.05) is 19.1 Å². The summed E-state index contributed by atoms with van der Waals surface area (Å²) >= 11 is 0. The van der Waals surface area contributed by atoms with E-state index in [4.69, 9.17) is 0 Å². The van der Waals surface area contributed by atoms with Crippen molar-refractivity contribution >= 4 is 10.0 Å². The highest BCUT2D eigenvalue weighted by Gasteiger charge is 2.31. The summed E-state index contributed by atoms with van der Waals surface area (Å²) in [6, 6.07) is 0.158. The fourth-order valence-electron chi connectivity index (χ4n) is 2.28. The summed E-state index contributed by atoms with van der Waals surface area (Å²) in [5.41, 5.74) is 0. The maximum atomic E-state index is 12.3. The standard InChI is InChI=1S/C12H26N2O2S/c1-11(2)7-9-17(15,16)14-8-5-4-6-12(14)10-13-3/h11-13H,4-10H2,1-3H3. The molecule has 0 amide bonds. The van der Waals surface area contributed by atoms with Gasteiger partial charge in [-0.2, -0.15) is 4.31 Å². The van der Waals surface area contributed by atoms with Crippen LogP contribution in [0.25, 0.3) is 0 Å². The van der Waals surface area contributed by atoms with Crippen molar-refractivity contribution in [2.75, 3.05) is 25.9 Å². The predicted molar refractivity (Wildman–Crippen MR) is 71.5 cm³/mol. The molecule has 1 N–H and O–H groups in total.